The molecule has 0 bridgehead atoms. The second-order valence-corrected chi connectivity index (χ2v) is 5.77. The highest BCUT2D eigenvalue weighted by Crippen LogP contribution is 2.10. The lowest BCUT2D eigenvalue weighted by atomic mass is 10.0. The molecule has 116 valence electrons. The first-order valence-corrected chi connectivity index (χ1v) is 6.61. The highest BCUT2D eigenvalue weighted by molar-refractivity contribution is 5.71. The smallest absolute Gasteiger partial charge is 0.407 e. The van der Waals surface area contributed by atoms with Crippen molar-refractivity contribution < 1.29 is 23.8 Å². The lowest BCUT2D eigenvalue weighted by Crippen LogP contribution is -2.41. The maximum absolute atomic E-state index is 12.8. The predicted octanol–water partition coefficient (Wildman–Crippen LogP) is 2.74. The summed E-state index contributed by atoms with van der Waals surface area (Å²) in [6.45, 7) is 5.16. The fourth-order valence-corrected chi connectivity index (χ4v) is 1.76. The van der Waals surface area contributed by atoms with Crippen molar-refractivity contribution in [3.63, 3.8) is 0 Å². The van der Waals surface area contributed by atoms with Gasteiger partial charge in [-0.05, 0) is 44.9 Å². The van der Waals surface area contributed by atoms with E-state index < -0.39 is 23.7 Å². The van der Waals surface area contributed by atoms with Crippen molar-refractivity contribution in [1.29, 1.82) is 0 Å². The summed E-state index contributed by atoms with van der Waals surface area (Å²) < 4.78 is 17.9. The average molecular weight is 297 g/mol. The first-order chi connectivity index (χ1) is 9.65. The van der Waals surface area contributed by atoms with Crippen molar-refractivity contribution in [2.24, 2.45) is 0 Å². The van der Waals surface area contributed by atoms with Gasteiger partial charge in [0.25, 0.3) is 0 Å². The number of ether oxygens (including phenoxy) is 1. The summed E-state index contributed by atoms with van der Waals surface area (Å²) in [6.07, 6.45) is -0.626. The van der Waals surface area contributed by atoms with E-state index in [1.807, 2.05) is 0 Å². The van der Waals surface area contributed by atoms with E-state index in [1.165, 1.54) is 12.1 Å². The Morgan fingerprint density at radius 2 is 1.86 bits per heavy atom. The van der Waals surface area contributed by atoms with Crippen LogP contribution in [0.1, 0.15) is 32.8 Å². The van der Waals surface area contributed by atoms with E-state index in [-0.39, 0.29) is 18.7 Å². The lowest BCUT2D eigenvalue weighted by molar-refractivity contribution is -0.137. The third-order valence-corrected chi connectivity index (χ3v) is 2.54. The Hall–Kier alpha value is -2.11. The summed E-state index contributed by atoms with van der Waals surface area (Å²) >= 11 is 0. The van der Waals surface area contributed by atoms with E-state index in [9.17, 15) is 14.0 Å². The number of hydrogen-bond donors (Lipinski definition) is 2. The third-order valence-electron chi connectivity index (χ3n) is 2.54. The minimum atomic E-state index is -1.03. The van der Waals surface area contributed by atoms with Crippen LogP contribution in [0.5, 0.6) is 0 Å². The van der Waals surface area contributed by atoms with Gasteiger partial charge in [0, 0.05) is 6.04 Å². The maximum atomic E-state index is 12.8. The van der Waals surface area contributed by atoms with E-state index in [0.717, 1.165) is 5.56 Å². The number of hydrogen-bond acceptors (Lipinski definition) is 3. The summed E-state index contributed by atoms with van der Waals surface area (Å²) in [5.74, 6) is -1.40. The SMILES string of the molecule is CC(C)(C)OC(=O)N[C@H](CC(=O)O)Cc1ccc(F)cc1. The molecular formula is C15H20FNO4. The van der Waals surface area contributed by atoms with Gasteiger partial charge in [-0.1, -0.05) is 12.1 Å². The molecule has 21 heavy (non-hydrogen) atoms. The number of carbonyl (C=O) groups is 2. The van der Waals surface area contributed by atoms with Gasteiger partial charge in [0.2, 0.25) is 0 Å². The Morgan fingerprint density at radius 1 is 1.29 bits per heavy atom. The standard InChI is InChI=1S/C15H20FNO4/c1-15(2,3)21-14(20)17-12(9-13(18)19)8-10-4-6-11(16)7-5-10/h4-7,12H,8-9H2,1-3H3,(H,17,20)(H,18,19)/t12-/m0/s1. The van der Waals surface area contributed by atoms with Crippen LogP contribution in [0.2, 0.25) is 0 Å². The number of amides is 1. The number of benzene rings is 1. The van der Waals surface area contributed by atoms with E-state index in [2.05, 4.69) is 5.32 Å². The zero-order valence-corrected chi connectivity index (χ0v) is 12.4. The molecular weight excluding hydrogens is 277 g/mol. The first-order valence-electron chi connectivity index (χ1n) is 6.61. The van der Waals surface area contributed by atoms with Crippen LogP contribution in [0, 0.1) is 5.82 Å². The van der Waals surface area contributed by atoms with E-state index >= 15 is 0 Å². The number of rotatable bonds is 5. The largest absolute Gasteiger partial charge is 0.481 e. The summed E-state index contributed by atoms with van der Waals surface area (Å²) in [5.41, 5.74) is 0.0759. The topological polar surface area (TPSA) is 75.6 Å². The molecule has 5 nitrogen and oxygen atoms in total. The summed E-state index contributed by atoms with van der Waals surface area (Å²) in [7, 11) is 0. The van der Waals surface area contributed by atoms with Crippen LogP contribution in [-0.2, 0) is 16.0 Å². The van der Waals surface area contributed by atoms with Gasteiger partial charge in [0.05, 0.1) is 6.42 Å². The third kappa shape index (κ3) is 7.29. The molecule has 1 amide bonds. The molecule has 0 radical (unpaired) electrons. The van der Waals surface area contributed by atoms with Crippen LogP contribution in [0.3, 0.4) is 0 Å². The van der Waals surface area contributed by atoms with Crippen LogP contribution in [-0.4, -0.2) is 28.8 Å². The Balaban J connectivity index is 2.69. The molecule has 1 aromatic rings. The van der Waals surface area contributed by atoms with Gasteiger partial charge in [-0.15, -0.1) is 0 Å². The fraction of sp³-hybridized carbons (Fsp3) is 0.467. The van der Waals surface area contributed by atoms with Gasteiger partial charge in [0.1, 0.15) is 11.4 Å². The molecule has 6 heteroatoms. The molecule has 0 fully saturated rings. The van der Waals surface area contributed by atoms with Crippen LogP contribution in [0.25, 0.3) is 0 Å². The molecule has 0 spiro atoms. The molecule has 0 aliphatic heterocycles. The van der Waals surface area contributed by atoms with E-state index in [4.69, 9.17) is 9.84 Å². The minimum absolute atomic E-state index is 0.239. The van der Waals surface area contributed by atoms with Gasteiger partial charge < -0.3 is 15.2 Å². The van der Waals surface area contributed by atoms with Crippen molar-refractivity contribution >= 4 is 12.1 Å². The Morgan fingerprint density at radius 3 is 2.33 bits per heavy atom. The summed E-state index contributed by atoms with van der Waals surface area (Å²) in [4.78, 5) is 22.6. The molecule has 0 saturated carbocycles. The number of carbonyl (C=O) groups excluding carboxylic acids is 1. The molecule has 1 rings (SSSR count). The number of nitrogens with one attached hydrogen (secondary N) is 1. The number of aliphatic carboxylic acids is 1. The van der Waals surface area contributed by atoms with Crippen molar-refractivity contribution in [3.05, 3.63) is 35.6 Å². The quantitative estimate of drug-likeness (QED) is 0.876. The van der Waals surface area contributed by atoms with Crippen molar-refractivity contribution in [1.82, 2.24) is 5.32 Å². The number of carboxylic acid groups (broad SMARTS) is 1. The second-order valence-electron chi connectivity index (χ2n) is 5.77. The Labute approximate surface area is 123 Å². The predicted molar refractivity (Wildman–Crippen MR) is 75.5 cm³/mol. The number of halogens is 1. The molecule has 0 aliphatic carbocycles. The Kier molecular flexibility index (Phi) is 5.69. The molecule has 1 atom stereocenters. The maximum Gasteiger partial charge on any atom is 0.407 e. The fourth-order valence-electron chi connectivity index (χ4n) is 1.76. The monoisotopic (exact) mass is 297 g/mol. The average Bonchev–Trinajstić information content (AvgIpc) is 2.28. The normalized spacial score (nSPS) is 12.6. The molecule has 1 aromatic carbocycles. The molecule has 0 aliphatic rings. The zero-order chi connectivity index (χ0) is 16.0. The highest BCUT2D eigenvalue weighted by atomic mass is 19.1. The molecule has 0 saturated heterocycles. The summed E-state index contributed by atoms with van der Waals surface area (Å²) in [5, 5.41) is 11.4. The molecule has 0 unspecified atom stereocenters. The van der Waals surface area contributed by atoms with E-state index in [1.54, 1.807) is 32.9 Å². The van der Waals surface area contributed by atoms with Crippen LogP contribution < -0.4 is 5.32 Å². The minimum Gasteiger partial charge on any atom is -0.481 e. The molecule has 0 aromatic heterocycles. The second kappa shape index (κ2) is 7.06. The van der Waals surface area contributed by atoms with Crippen molar-refractivity contribution in [2.45, 2.75) is 45.3 Å². The van der Waals surface area contributed by atoms with Crippen LogP contribution in [0.4, 0.5) is 9.18 Å². The van der Waals surface area contributed by atoms with Crippen LogP contribution >= 0.6 is 0 Å². The number of carboxylic acids is 1. The van der Waals surface area contributed by atoms with Crippen molar-refractivity contribution in [2.75, 3.05) is 0 Å². The highest BCUT2D eigenvalue weighted by Gasteiger charge is 2.21. The summed E-state index contributed by atoms with van der Waals surface area (Å²) in [6, 6.07) is 5.08. The lowest BCUT2D eigenvalue weighted by Gasteiger charge is -2.23. The Bertz CT molecular complexity index is 493. The van der Waals surface area contributed by atoms with Gasteiger partial charge >= 0.3 is 12.1 Å². The van der Waals surface area contributed by atoms with Crippen molar-refractivity contribution in [3.8, 4) is 0 Å². The van der Waals surface area contributed by atoms with Gasteiger partial charge in [-0.3, -0.25) is 4.79 Å². The van der Waals surface area contributed by atoms with E-state index in [0.29, 0.717) is 0 Å². The van der Waals surface area contributed by atoms with Gasteiger partial charge in [0.15, 0.2) is 0 Å². The van der Waals surface area contributed by atoms with Crippen LogP contribution in [0.15, 0.2) is 24.3 Å². The molecule has 2 N–H and O–H groups in total. The van der Waals surface area contributed by atoms with Gasteiger partial charge in [-0.25, -0.2) is 9.18 Å². The van der Waals surface area contributed by atoms with Gasteiger partial charge in [-0.2, -0.15) is 0 Å². The molecule has 0 heterocycles. The first kappa shape index (κ1) is 16.9. The number of alkyl carbamates (subject to hydrolysis) is 1. The zero-order valence-electron chi connectivity index (χ0n) is 12.4.